The number of carbonyl (C=O) groups excluding carboxylic acids is 1. The minimum absolute atomic E-state index is 0.0185. The fourth-order valence-corrected chi connectivity index (χ4v) is 6.56. The average Bonchev–Trinajstić information content (AvgIpc) is 3.55. The Morgan fingerprint density at radius 2 is 2.17 bits per heavy atom. The Balaban J connectivity index is 1.73. The maximum Gasteiger partial charge on any atom is 0.246 e. The molecule has 1 saturated heterocycles. The topological polar surface area (TPSA) is 82.1 Å². The number of likely N-dealkylation sites (tertiary alicyclic amines) is 1. The monoisotopic (exact) mass is 490 g/mol. The molecule has 2 N–H and O–H groups in total. The summed E-state index contributed by atoms with van der Waals surface area (Å²) < 4.78 is 14.6. The average molecular weight is 491 g/mol. The highest BCUT2D eigenvalue weighted by atomic mass is 32.1. The van der Waals surface area contributed by atoms with Gasteiger partial charge in [-0.3, -0.25) is 4.79 Å². The van der Waals surface area contributed by atoms with E-state index in [0.29, 0.717) is 18.8 Å². The number of nitrogens with zero attached hydrogens (tertiary/aromatic N) is 3. The van der Waals surface area contributed by atoms with Gasteiger partial charge in [-0.25, -0.2) is 4.98 Å². The first kappa shape index (κ1) is 23.4. The molecule has 0 unspecified atom stereocenters. The molecule has 0 saturated carbocycles. The fraction of sp³-hybridized carbons (Fsp3) is 0.333. The van der Waals surface area contributed by atoms with E-state index in [1.54, 1.807) is 31.8 Å². The van der Waals surface area contributed by atoms with Crippen molar-refractivity contribution < 1.29 is 14.3 Å². The first-order valence-electron chi connectivity index (χ1n) is 11.7. The zero-order valence-electron chi connectivity index (χ0n) is 20.3. The Bertz CT molecular complexity index is 1440. The Morgan fingerprint density at radius 1 is 1.34 bits per heavy atom. The van der Waals surface area contributed by atoms with E-state index in [0.717, 1.165) is 68.0 Å². The highest BCUT2D eigenvalue weighted by molar-refractivity contribution is 7.22. The molecule has 0 aliphatic carbocycles. The Hall–Kier alpha value is -3.36. The molecule has 1 aliphatic rings. The second-order valence-corrected chi connectivity index (χ2v) is 10.0. The number of aromatic nitrogens is 2. The first-order valence-corrected chi connectivity index (χ1v) is 12.5. The van der Waals surface area contributed by atoms with Gasteiger partial charge in [-0.05, 0) is 48.9 Å². The maximum absolute atomic E-state index is 12.5. The van der Waals surface area contributed by atoms with E-state index in [1.165, 1.54) is 6.08 Å². The molecule has 1 amide bonds. The third-order valence-corrected chi connectivity index (χ3v) is 8.02. The number of amides is 1. The van der Waals surface area contributed by atoms with Crippen LogP contribution in [0.2, 0.25) is 0 Å². The van der Waals surface area contributed by atoms with Gasteiger partial charge < -0.3 is 24.5 Å². The van der Waals surface area contributed by atoms with Crippen molar-refractivity contribution in [3.8, 4) is 16.2 Å². The quantitative estimate of drug-likeness (QED) is 0.370. The van der Waals surface area contributed by atoms with Crippen LogP contribution in [-0.2, 0) is 22.6 Å². The SMILES string of the molecule is C=CC(=O)N1CCC[C@@H]1Cc1c(COC)c(-c2cc3cc(C)cc(OC)c3s2)c2c(N)nccn12. The number of benzene rings is 1. The molecule has 182 valence electrons. The van der Waals surface area contributed by atoms with Gasteiger partial charge in [-0.15, -0.1) is 11.3 Å². The third-order valence-electron chi connectivity index (χ3n) is 6.84. The standard InChI is InChI=1S/C27H30N4O3S/c1-5-23(32)30-9-6-7-18(30)14-20-19(15-33-3)24(25-27(28)29-8-10-31(20)25)22-13-17-11-16(2)12-21(34-4)26(17)35-22/h5,8,10-13,18H,1,6-7,9,14-15H2,2-4H3,(H2,28,29)/t18-/m1/s1. The van der Waals surface area contributed by atoms with Crippen molar-refractivity contribution in [1.29, 1.82) is 0 Å². The summed E-state index contributed by atoms with van der Waals surface area (Å²) in [6.45, 7) is 6.94. The van der Waals surface area contributed by atoms with Crippen LogP contribution in [0.15, 0.2) is 43.2 Å². The predicted octanol–water partition coefficient (Wildman–Crippen LogP) is 4.98. The normalized spacial score (nSPS) is 15.9. The molecule has 4 heterocycles. The van der Waals surface area contributed by atoms with E-state index >= 15 is 0 Å². The van der Waals surface area contributed by atoms with Crippen LogP contribution in [0, 0.1) is 6.92 Å². The van der Waals surface area contributed by atoms with Gasteiger partial charge in [0.15, 0.2) is 0 Å². The van der Waals surface area contributed by atoms with Gasteiger partial charge >= 0.3 is 0 Å². The van der Waals surface area contributed by atoms with Gasteiger partial charge in [0.05, 0.1) is 23.9 Å². The summed E-state index contributed by atoms with van der Waals surface area (Å²) in [5.74, 6) is 1.32. The van der Waals surface area contributed by atoms with Crippen molar-refractivity contribution in [3.63, 3.8) is 0 Å². The Labute approximate surface area is 208 Å². The summed E-state index contributed by atoms with van der Waals surface area (Å²) in [5.41, 5.74) is 11.7. The van der Waals surface area contributed by atoms with Crippen LogP contribution in [0.1, 0.15) is 29.7 Å². The molecule has 0 radical (unpaired) electrons. The van der Waals surface area contributed by atoms with Crippen LogP contribution in [0.3, 0.4) is 0 Å². The molecular weight excluding hydrogens is 460 g/mol. The molecule has 0 bridgehead atoms. The Morgan fingerprint density at radius 3 is 2.91 bits per heavy atom. The summed E-state index contributed by atoms with van der Waals surface area (Å²) in [6, 6.07) is 6.53. The number of methoxy groups -OCH3 is 2. The fourth-order valence-electron chi connectivity index (χ4n) is 5.35. The summed E-state index contributed by atoms with van der Waals surface area (Å²) >= 11 is 1.68. The van der Waals surface area contributed by atoms with Gasteiger partial charge in [-0.2, -0.15) is 0 Å². The van der Waals surface area contributed by atoms with Gasteiger partial charge in [0.25, 0.3) is 0 Å². The largest absolute Gasteiger partial charge is 0.495 e. The summed E-state index contributed by atoms with van der Waals surface area (Å²) in [6.07, 6.45) is 7.73. The summed E-state index contributed by atoms with van der Waals surface area (Å²) in [4.78, 5) is 19.9. The van der Waals surface area contributed by atoms with E-state index in [4.69, 9.17) is 15.2 Å². The number of nitrogens with two attached hydrogens (primary N) is 1. The second kappa shape index (κ2) is 9.36. The number of thiophene rings is 1. The lowest BCUT2D eigenvalue weighted by atomic mass is 10.0. The van der Waals surface area contributed by atoms with Crippen LogP contribution in [0.4, 0.5) is 5.82 Å². The third kappa shape index (κ3) is 3.96. The molecule has 1 aromatic carbocycles. The van der Waals surface area contributed by atoms with Gasteiger partial charge in [0.1, 0.15) is 11.6 Å². The number of aryl methyl sites for hydroxylation is 1. The van der Waals surface area contributed by atoms with Gasteiger partial charge in [-0.1, -0.05) is 12.6 Å². The Kier molecular flexibility index (Phi) is 6.25. The number of rotatable bonds is 7. The van der Waals surface area contributed by atoms with E-state index < -0.39 is 0 Å². The van der Waals surface area contributed by atoms with Gasteiger partial charge in [0, 0.05) is 60.2 Å². The minimum Gasteiger partial charge on any atom is -0.495 e. The van der Waals surface area contributed by atoms with Crippen LogP contribution >= 0.6 is 11.3 Å². The molecule has 3 aromatic heterocycles. The van der Waals surface area contributed by atoms with Crippen LogP contribution < -0.4 is 10.5 Å². The molecule has 1 fully saturated rings. The van der Waals surface area contributed by atoms with E-state index in [-0.39, 0.29) is 11.9 Å². The molecule has 35 heavy (non-hydrogen) atoms. The molecule has 5 rings (SSSR count). The lowest BCUT2D eigenvalue weighted by Crippen LogP contribution is -2.36. The molecule has 8 heteroatoms. The van der Waals surface area contributed by atoms with Crippen molar-refractivity contribution in [2.45, 2.75) is 38.8 Å². The lowest BCUT2D eigenvalue weighted by molar-refractivity contribution is -0.126. The number of carbonyl (C=O) groups is 1. The van der Waals surface area contributed by atoms with Crippen molar-refractivity contribution in [1.82, 2.24) is 14.3 Å². The number of anilines is 1. The molecule has 1 aliphatic heterocycles. The van der Waals surface area contributed by atoms with Crippen molar-refractivity contribution in [2.24, 2.45) is 0 Å². The van der Waals surface area contributed by atoms with Crippen molar-refractivity contribution in [3.05, 3.63) is 60.1 Å². The molecule has 7 nitrogen and oxygen atoms in total. The number of ether oxygens (including phenoxy) is 2. The number of nitrogen functional groups attached to an aromatic ring is 1. The van der Waals surface area contributed by atoms with Crippen molar-refractivity contribution >= 4 is 38.7 Å². The number of fused-ring (bicyclic) bond motifs is 2. The van der Waals surface area contributed by atoms with E-state index in [2.05, 4.69) is 41.1 Å². The van der Waals surface area contributed by atoms with E-state index in [1.807, 2.05) is 11.1 Å². The molecule has 4 aromatic rings. The lowest BCUT2D eigenvalue weighted by Gasteiger charge is -2.24. The summed E-state index contributed by atoms with van der Waals surface area (Å²) in [5, 5.41) is 1.13. The van der Waals surface area contributed by atoms with Gasteiger partial charge in [0.2, 0.25) is 5.91 Å². The number of hydrogen-bond acceptors (Lipinski definition) is 6. The first-order chi connectivity index (χ1) is 17.0. The zero-order chi connectivity index (χ0) is 24.7. The second-order valence-electron chi connectivity index (χ2n) is 9.00. The van der Waals surface area contributed by atoms with Crippen LogP contribution in [-0.4, -0.2) is 47.0 Å². The maximum atomic E-state index is 12.5. The molecule has 0 spiro atoms. The summed E-state index contributed by atoms with van der Waals surface area (Å²) in [7, 11) is 3.41. The van der Waals surface area contributed by atoms with Crippen LogP contribution in [0.25, 0.3) is 26.0 Å². The minimum atomic E-state index is -0.0185. The highest BCUT2D eigenvalue weighted by Crippen LogP contribution is 2.45. The van der Waals surface area contributed by atoms with Crippen molar-refractivity contribution in [2.75, 3.05) is 26.5 Å². The highest BCUT2D eigenvalue weighted by Gasteiger charge is 2.31. The number of hydrogen-bond donors (Lipinski definition) is 1. The van der Waals surface area contributed by atoms with E-state index in [9.17, 15) is 4.79 Å². The molecular formula is C27H30N4O3S. The zero-order valence-corrected chi connectivity index (χ0v) is 21.2. The predicted molar refractivity (Wildman–Crippen MR) is 141 cm³/mol. The smallest absolute Gasteiger partial charge is 0.246 e. The van der Waals surface area contributed by atoms with Crippen LogP contribution in [0.5, 0.6) is 5.75 Å². The molecule has 1 atom stereocenters.